The molecule has 3 aromatic carbocycles. The molecular formula is C29H25FN2O5S2. The summed E-state index contributed by atoms with van der Waals surface area (Å²) in [7, 11) is -4.11. The molecular weight excluding hydrogens is 539 g/mol. The number of oxazole rings is 1. The van der Waals surface area contributed by atoms with E-state index in [1.807, 2.05) is 61.5 Å². The van der Waals surface area contributed by atoms with Gasteiger partial charge in [-0.1, -0.05) is 24.3 Å². The van der Waals surface area contributed by atoms with Gasteiger partial charge < -0.3 is 8.83 Å². The number of benzene rings is 3. The van der Waals surface area contributed by atoms with Crippen molar-refractivity contribution in [1.82, 2.24) is 9.71 Å². The van der Waals surface area contributed by atoms with Crippen LogP contribution in [0.4, 0.5) is 4.39 Å². The molecule has 5 aromatic rings. The van der Waals surface area contributed by atoms with Crippen molar-refractivity contribution in [2.75, 3.05) is 6.26 Å². The lowest BCUT2D eigenvalue weighted by atomic mass is 10.1. The van der Waals surface area contributed by atoms with Gasteiger partial charge in [0.15, 0.2) is 0 Å². The van der Waals surface area contributed by atoms with Gasteiger partial charge in [-0.25, -0.2) is 22.5 Å². The Morgan fingerprint density at radius 1 is 1.03 bits per heavy atom. The third kappa shape index (κ3) is 6.07. The smallest absolute Gasteiger partial charge is 0.264 e. The average Bonchev–Trinajstić information content (AvgIpc) is 3.50. The molecule has 0 aliphatic heterocycles. The van der Waals surface area contributed by atoms with E-state index >= 15 is 0 Å². The summed E-state index contributed by atoms with van der Waals surface area (Å²) in [4.78, 5) is 17.3. The van der Waals surface area contributed by atoms with E-state index in [1.54, 1.807) is 6.26 Å². The lowest BCUT2D eigenvalue weighted by Gasteiger charge is -2.15. The number of rotatable bonds is 9. The quantitative estimate of drug-likeness (QED) is 0.238. The number of sulfonamides is 1. The molecule has 39 heavy (non-hydrogen) atoms. The summed E-state index contributed by atoms with van der Waals surface area (Å²) in [5.74, 6) is 0.801. The van der Waals surface area contributed by atoms with Crippen LogP contribution in [0.15, 0.2) is 92.6 Å². The monoisotopic (exact) mass is 564 g/mol. The second kappa shape index (κ2) is 11.1. The van der Waals surface area contributed by atoms with Crippen molar-refractivity contribution in [2.24, 2.45) is 0 Å². The maximum absolute atomic E-state index is 13.2. The summed E-state index contributed by atoms with van der Waals surface area (Å²) in [6.07, 6.45) is 2.52. The first kappa shape index (κ1) is 26.7. The molecule has 2 heterocycles. The molecule has 7 nitrogen and oxygen atoms in total. The van der Waals surface area contributed by atoms with E-state index in [2.05, 4.69) is 9.71 Å². The summed E-state index contributed by atoms with van der Waals surface area (Å²) < 4.78 is 52.3. The number of carbonyl (C=O) groups excluding carboxylic acids is 1. The molecule has 5 rings (SSSR count). The van der Waals surface area contributed by atoms with Crippen molar-refractivity contribution in [2.45, 2.75) is 29.9 Å². The standard InChI is InChI=1S/C29H25FN2O5S2/c1-18-25(31-29(36-18)20-6-4-3-5-7-20)17-23-16-21-14-19(8-13-26(21)37-23)15-27(38-2)28(33)32-39(34,35)24-11-9-22(30)10-12-24/h3-14,16,27H,15,17H2,1-2H3,(H,32,33). The Morgan fingerprint density at radius 2 is 1.77 bits per heavy atom. The van der Waals surface area contributed by atoms with Crippen LogP contribution in [0, 0.1) is 12.7 Å². The van der Waals surface area contributed by atoms with Gasteiger partial charge in [0.25, 0.3) is 10.0 Å². The molecule has 1 atom stereocenters. The predicted molar refractivity (Wildman–Crippen MR) is 148 cm³/mol. The molecule has 200 valence electrons. The summed E-state index contributed by atoms with van der Waals surface area (Å²) >= 11 is 1.25. The van der Waals surface area contributed by atoms with E-state index < -0.39 is 27.0 Å². The first-order valence-corrected chi connectivity index (χ1v) is 14.9. The molecule has 2 aromatic heterocycles. The van der Waals surface area contributed by atoms with Gasteiger partial charge in [0, 0.05) is 10.9 Å². The summed E-state index contributed by atoms with van der Waals surface area (Å²) in [5.41, 5.74) is 3.24. The maximum Gasteiger partial charge on any atom is 0.264 e. The van der Waals surface area contributed by atoms with E-state index in [0.29, 0.717) is 24.3 Å². The predicted octanol–water partition coefficient (Wildman–Crippen LogP) is 5.91. The number of furan rings is 1. The van der Waals surface area contributed by atoms with Crippen LogP contribution in [0.2, 0.25) is 0 Å². The van der Waals surface area contributed by atoms with Gasteiger partial charge >= 0.3 is 0 Å². The van der Waals surface area contributed by atoms with E-state index in [9.17, 15) is 17.6 Å². The van der Waals surface area contributed by atoms with E-state index in [0.717, 1.165) is 58.0 Å². The van der Waals surface area contributed by atoms with Gasteiger partial charge in [-0.3, -0.25) is 4.79 Å². The van der Waals surface area contributed by atoms with E-state index in [4.69, 9.17) is 8.83 Å². The zero-order valence-corrected chi connectivity index (χ0v) is 22.8. The maximum atomic E-state index is 13.2. The Labute approximate surface area is 229 Å². The van der Waals surface area contributed by atoms with E-state index in [-0.39, 0.29) is 4.90 Å². The molecule has 0 aliphatic rings. The molecule has 0 radical (unpaired) electrons. The SMILES string of the molecule is CSC(Cc1ccc2oc(Cc3nc(-c4ccccc4)oc3C)cc2c1)C(=O)NS(=O)(=O)c1ccc(F)cc1. The third-order valence-electron chi connectivity index (χ3n) is 6.24. The number of fused-ring (bicyclic) bond motifs is 1. The first-order chi connectivity index (χ1) is 18.7. The number of nitrogens with one attached hydrogen (secondary N) is 1. The summed E-state index contributed by atoms with van der Waals surface area (Å²) in [5, 5.41) is 0.212. The number of amides is 1. The summed E-state index contributed by atoms with van der Waals surface area (Å²) in [6.45, 7) is 1.87. The Balaban J connectivity index is 1.29. The second-order valence-electron chi connectivity index (χ2n) is 9.00. The number of aromatic nitrogens is 1. The molecule has 0 fully saturated rings. The van der Waals surface area contributed by atoms with Crippen LogP contribution in [0.25, 0.3) is 22.4 Å². The van der Waals surface area contributed by atoms with Crippen molar-refractivity contribution >= 4 is 38.7 Å². The second-order valence-corrected chi connectivity index (χ2v) is 11.7. The fourth-order valence-electron chi connectivity index (χ4n) is 4.19. The van der Waals surface area contributed by atoms with Crippen LogP contribution in [0.1, 0.15) is 22.8 Å². The van der Waals surface area contributed by atoms with Gasteiger partial charge in [-0.15, -0.1) is 0 Å². The normalized spacial score (nSPS) is 12.5. The lowest BCUT2D eigenvalue weighted by molar-refractivity contribution is -0.118. The Morgan fingerprint density at radius 3 is 2.49 bits per heavy atom. The van der Waals surface area contributed by atoms with Crippen molar-refractivity contribution in [3.05, 3.63) is 107 Å². The molecule has 10 heteroatoms. The van der Waals surface area contributed by atoms with Crippen molar-refractivity contribution in [1.29, 1.82) is 0 Å². The third-order valence-corrected chi connectivity index (χ3v) is 8.56. The highest BCUT2D eigenvalue weighted by molar-refractivity contribution is 8.00. The molecule has 0 bridgehead atoms. The highest BCUT2D eigenvalue weighted by Gasteiger charge is 2.25. The van der Waals surface area contributed by atoms with Crippen LogP contribution >= 0.6 is 11.8 Å². The fourth-order valence-corrected chi connectivity index (χ4v) is 5.92. The molecule has 0 aliphatic carbocycles. The van der Waals surface area contributed by atoms with Crippen molar-refractivity contribution < 1.29 is 26.4 Å². The molecule has 0 saturated heterocycles. The minimum atomic E-state index is -4.11. The fraction of sp³-hybridized carbons (Fsp3) is 0.172. The molecule has 1 unspecified atom stereocenters. The molecule has 1 amide bonds. The van der Waals surface area contributed by atoms with Crippen LogP contribution < -0.4 is 4.72 Å². The van der Waals surface area contributed by atoms with Gasteiger partial charge in [0.2, 0.25) is 11.8 Å². The van der Waals surface area contributed by atoms with Gasteiger partial charge in [0.05, 0.1) is 22.3 Å². The molecule has 0 saturated carbocycles. The number of aryl methyl sites for hydroxylation is 1. The first-order valence-electron chi connectivity index (χ1n) is 12.1. The Bertz CT molecular complexity index is 1730. The van der Waals surface area contributed by atoms with Crippen LogP contribution in [-0.4, -0.2) is 30.8 Å². The molecule has 1 N–H and O–H groups in total. The largest absolute Gasteiger partial charge is 0.461 e. The topological polar surface area (TPSA) is 102 Å². The van der Waals surface area contributed by atoms with Crippen molar-refractivity contribution in [3.63, 3.8) is 0 Å². The highest BCUT2D eigenvalue weighted by Crippen LogP contribution is 2.27. The minimum Gasteiger partial charge on any atom is -0.461 e. The average molecular weight is 565 g/mol. The minimum absolute atomic E-state index is 0.178. The van der Waals surface area contributed by atoms with Crippen LogP contribution in [0.3, 0.4) is 0 Å². The highest BCUT2D eigenvalue weighted by atomic mass is 32.2. The number of nitrogens with zero attached hydrogens (tertiary/aromatic N) is 1. The van der Waals surface area contributed by atoms with Crippen LogP contribution in [0.5, 0.6) is 0 Å². The summed E-state index contributed by atoms with van der Waals surface area (Å²) in [6, 6.07) is 21.5. The Hall–Kier alpha value is -3.89. The molecule has 0 spiro atoms. The number of hydrogen-bond donors (Lipinski definition) is 1. The lowest BCUT2D eigenvalue weighted by Crippen LogP contribution is -2.38. The van der Waals surface area contributed by atoms with Gasteiger partial charge in [-0.2, -0.15) is 11.8 Å². The number of halogens is 1. The van der Waals surface area contributed by atoms with Gasteiger partial charge in [0.1, 0.15) is 22.9 Å². The number of hydrogen-bond acceptors (Lipinski definition) is 7. The zero-order valence-electron chi connectivity index (χ0n) is 21.2. The van der Waals surface area contributed by atoms with Crippen LogP contribution in [-0.2, 0) is 27.7 Å². The number of thioether (sulfide) groups is 1. The zero-order chi connectivity index (χ0) is 27.6. The van der Waals surface area contributed by atoms with E-state index in [1.165, 1.54) is 11.8 Å². The Kier molecular flexibility index (Phi) is 7.58. The number of carbonyl (C=O) groups is 1. The van der Waals surface area contributed by atoms with Crippen molar-refractivity contribution in [3.8, 4) is 11.5 Å². The van der Waals surface area contributed by atoms with Gasteiger partial charge in [-0.05, 0) is 79.8 Å².